The normalized spacial score (nSPS) is 25.8. The van der Waals surface area contributed by atoms with E-state index in [2.05, 4.69) is 10.5 Å². The van der Waals surface area contributed by atoms with Gasteiger partial charge in [-0.15, -0.1) is 0 Å². The third-order valence-corrected chi connectivity index (χ3v) is 6.89. The van der Waals surface area contributed by atoms with E-state index in [1.807, 2.05) is 48.5 Å². The molecule has 0 spiro atoms. The molecule has 0 aromatic heterocycles. The maximum Gasteiger partial charge on any atom is 0.330 e. The molecular formula is C26H27N3O5. The number of anilines is 1. The summed E-state index contributed by atoms with van der Waals surface area (Å²) in [7, 11) is 0. The summed E-state index contributed by atoms with van der Waals surface area (Å²) in [6.45, 7) is -0.242. The van der Waals surface area contributed by atoms with Gasteiger partial charge in [0.05, 0.1) is 5.69 Å². The molecule has 34 heavy (non-hydrogen) atoms. The second-order valence-electron chi connectivity index (χ2n) is 8.99. The van der Waals surface area contributed by atoms with Crippen molar-refractivity contribution in [2.45, 2.75) is 50.8 Å². The Morgan fingerprint density at radius 2 is 1.71 bits per heavy atom. The van der Waals surface area contributed by atoms with Gasteiger partial charge < -0.3 is 14.4 Å². The standard InChI is InChI=1S/C26H27N3O5/c30-23-21(28-27-19-12-6-2-7-13-19)26(25(32)33-16-18-10-4-1-5-11-18)17-34-24(31)22(26)29(23)20-14-8-3-9-15-20/h1-2,4-7,10-13,20,22,27H,3,8-9,14-17H2/b28-21-/t22-,26+/m0/s1. The van der Waals surface area contributed by atoms with E-state index >= 15 is 0 Å². The van der Waals surface area contributed by atoms with Crippen molar-refractivity contribution in [3.05, 3.63) is 66.2 Å². The molecule has 2 atom stereocenters. The molecule has 0 radical (unpaired) electrons. The van der Waals surface area contributed by atoms with Gasteiger partial charge in [-0.05, 0) is 30.5 Å². The van der Waals surface area contributed by atoms with Crippen molar-refractivity contribution in [1.82, 2.24) is 4.90 Å². The van der Waals surface area contributed by atoms with Gasteiger partial charge in [-0.25, -0.2) is 4.79 Å². The van der Waals surface area contributed by atoms with Crippen LogP contribution in [0.3, 0.4) is 0 Å². The fourth-order valence-electron chi connectivity index (χ4n) is 5.16. The number of ether oxygens (including phenoxy) is 2. The highest BCUT2D eigenvalue weighted by Gasteiger charge is 2.71. The summed E-state index contributed by atoms with van der Waals surface area (Å²) in [5.41, 5.74) is 2.72. The minimum Gasteiger partial charge on any atom is -0.462 e. The second kappa shape index (κ2) is 9.29. The number of nitrogens with one attached hydrogen (secondary N) is 1. The van der Waals surface area contributed by atoms with Crippen LogP contribution in [0.5, 0.6) is 0 Å². The summed E-state index contributed by atoms with van der Waals surface area (Å²) in [5, 5.41) is 4.39. The Bertz CT molecular complexity index is 1100. The number of benzene rings is 2. The number of esters is 2. The lowest BCUT2D eigenvalue weighted by Gasteiger charge is -2.34. The van der Waals surface area contributed by atoms with E-state index in [1.54, 1.807) is 17.0 Å². The van der Waals surface area contributed by atoms with Gasteiger partial charge in [0.15, 0.2) is 11.5 Å². The van der Waals surface area contributed by atoms with Gasteiger partial charge in [-0.2, -0.15) is 5.10 Å². The van der Waals surface area contributed by atoms with Gasteiger partial charge in [-0.1, -0.05) is 67.8 Å². The summed E-state index contributed by atoms with van der Waals surface area (Å²) in [6.07, 6.45) is 4.59. The fourth-order valence-corrected chi connectivity index (χ4v) is 5.16. The SMILES string of the molecule is O=C1OC[C@@]2(C(=O)OCc3ccccc3)/C(=N\Nc3ccccc3)C(=O)N(C3CCCCC3)[C@@H]12. The lowest BCUT2D eigenvalue weighted by molar-refractivity contribution is -0.155. The minimum atomic E-state index is -1.61. The van der Waals surface area contributed by atoms with Crippen LogP contribution in [0.2, 0.25) is 0 Å². The van der Waals surface area contributed by atoms with Gasteiger partial charge >= 0.3 is 11.9 Å². The van der Waals surface area contributed by atoms with Crippen LogP contribution in [-0.2, 0) is 30.5 Å². The predicted octanol–water partition coefficient (Wildman–Crippen LogP) is 3.28. The number of hydrogen-bond acceptors (Lipinski definition) is 7. The number of fused-ring (bicyclic) bond motifs is 1. The highest BCUT2D eigenvalue weighted by atomic mass is 16.6. The Morgan fingerprint density at radius 1 is 1.03 bits per heavy atom. The third kappa shape index (κ3) is 3.83. The van der Waals surface area contributed by atoms with E-state index in [0.29, 0.717) is 5.69 Å². The number of hydrogen-bond donors (Lipinski definition) is 1. The Hall–Kier alpha value is -3.68. The quantitative estimate of drug-likeness (QED) is 0.524. The first-order chi connectivity index (χ1) is 16.6. The van der Waals surface area contributed by atoms with Crippen molar-refractivity contribution in [1.29, 1.82) is 0 Å². The fraction of sp³-hybridized carbons (Fsp3) is 0.385. The molecule has 2 heterocycles. The van der Waals surface area contributed by atoms with Gasteiger partial charge in [0.1, 0.15) is 18.9 Å². The van der Waals surface area contributed by atoms with E-state index in [-0.39, 0.29) is 25.0 Å². The van der Waals surface area contributed by atoms with E-state index < -0.39 is 29.3 Å². The van der Waals surface area contributed by atoms with Crippen LogP contribution in [-0.4, -0.2) is 47.1 Å². The number of cyclic esters (lactones) is 1. The number of para-hydroxylation sites is 1. The molecule has 0 bridgehead atoms. The summed E-state index contributed by atoms with van der Waals surface area (Å²) in [6, 6.07) is 17.2. The smallest absolute Gasteiger partial charge is 0.330 e. The molecule has 1 N–H and O–H groups in total. The molecule has 8 nitrogen and oxygen atoms in total. The molecule has 8 heteroatoms. The first kappa shape index (κ1) is 22.1. The number of carbonyl (C=O) groups excluding carboxylic acids is 3. The summed E-state index contributed by atoms with van der Waals surface area (Å²) in [5.74, 6) is -1.67. The predicted molar refractivity (Wildman–Crippen MR) is 125 cm³/mol. The van der Waals surface area contributed by atoms with Crippen molar-refractivity contribution in [3.8, 4) is 0 Å². The van der Waals surface area contributed by atoms with Crippen molar-refractivity contribution < 1.29 is 23.9 Å². The molecule has 0 unspecified atom stereocenters. The highest BCUT2D eigenvalue weighted by molar-refractivity contribution is 6.48. The van der Waals surface area contributed by atoms with Gasteiger partial charge in [-0.3, -0.25) is 15.0 Å². The molecule has 1 saturated carbocycles. The first-order valence-electron chi connectivity index (χ1n) is 11.7. The minimum absolute atomic E-state index is 0.0271. The summed E-state index contributed by atoms with van der Waals surface area (Å²) in [4.78, 5) is 41.8. The van der Waals surface area contributed by atoms with Crippen LogP contribution >= 0.6 is 0 Å². The van der Waals surface area contributed by atoms with E-state index in [1.165, 1.54) is 0 Å². The lowest BCUT2D eigenvalue weighted by Crippen LogP contribution is -2.51. The molecule has 3 fully saturated rings. The van der Waals surface area contributed by atoms with Gasteiger partial charge in [0, 0.05) is 6.04 Å². The lowest BCUT2D eigenvalue weighted by atomic mass is 9.80. The Labute approximate surface area is 197 Å². The zero-order chi connectivity index (χ0) is 23.5. The molecule has 1 aliphatic carbocycles. The maximum absolute atomic E-state index is 13.7. The molecule has 2 aromatic rings. The zero-order valence-electron chi connectivity index (χ0n) is 18.8. The van der Waals surface area contributed by atoms with Crippen LogP contribution in [0.4, 0.5) is 5.69 Å². The maximum atomic E-state index is 13.7. The molecule has 176 valence electrons. The number of amides is 1. The molecular weight excluding hydrogens is 434 g/mol. The van der Waals surface area contributed by atoms with Gasteiger partial charge in [0.25, 0.3) is 5.91 Å². The van der Waals surface area contributed by atoms with Crippen molar-refractivity contribution in [3.63, 3.8) is 0 Å². The van der Waals surface area contributed by atoms with Crippen molar-refractivity contribution in [2.24, 2.45) is 10.5 Å². The number of nitrogens with zero attached hydrogens (tertiary/aromatic N) is 2. The highest BCUT2D eigenvalue weighted by Crippen LogP contribution is 2.45. The van der Waals surface area contributed by atoms with Crippen LogP contribution in [0.1, 0.15) is 37.7 Å². The molecule has 3 aliphatic rings. The summed E-state index contributed by atoms with van der Waals surface area (Å²) >= 11 is 0. The number of rotatable bonds is 6. The Morgan fingerprint density at radius 3 is 2.41 bits per heavy atom. The molecule has 1 amide bonds. The third-order valence-electron chi connectivity index (χ3n) is 6.89. The Kier molecular flexibility index (Phi) is 6.04. The first-order valence-corrected chi connectivity index (χ1v) is 11.7. The Balaban J connectivity index is 1.51. The van der Waals surface area contributed by atoms with Crippen LogP contribution < -0.4 is 5.43 Å². The number of carbonyl (C=O) groups is 3. The van der Waals surface area contributed by atoms with Crippen LogP contribution in [0.15, 0.2) is 65.8 Å². The summed E-state index contributed by atoms with van der Waals surface area (Å²) < 4.78 is 11.1. The second-order valence-corrected chi connectivity index (χ2v) is 8.99. The average molecular weight is 462 g/mol. The van der Waals surface area contributed by atoms with E-state index in [0.717, 1.165) is 37.7 Å². The molecule has 5 rings (SSSR count). The number of likely N-dealkylation sites (tertiary alicyclic amines) is 1. The molecule has 2 saturated heterocycles. The van der Waals surface area contributed by atoms with Crippen LogP contribution in [0.25, 0.3) is 0 Å². The van der Waals surface area contributed by atoms with E-state index in [4.69, 9.17) is 9.47 Å². The molecule has 2 aliphatic heterocycles. The van der Waals surface area contributed by atoms with Crippen molar-refractivity contribution in [2.75, 3.05) is 12.0 Å². The van der Waals surface area contributed by atoms with Crippen molar-refractivity contribution >= 4 is 29.2 Å². The monoisotopic (exact) mass is 461 g/mol. The molecule has 2 aromatic carbocycles. The topological polar surface area (TPSA) is 97.3 Å². The largest absolute Gasteiger partial charge is 0.462 e. The van der Waals surface area contributed by atoms with E-state index in [9.17, 15) is 14.4 Å². The average Bonchev–Trinajstić information content (AvgIpc) is 3.35. The van der Waals surface area contributed by atoms with Crippen LogP contribution in [0, 0.1) is 5.41 Å². The zero-order valence-corrected chi connectivity index (χ0v) is 18.8. The number of hydrazone groups is 1. The van der Waals surface area contributed by atoms with Gasteiger partial charge in [0.2, 0.25) is 0 Å².